The van der Waals surface area contributed by atoms with Crippen LogP contribution in [0.5, 0.6) is 0 Å². The Morgan fingerprint density at radius 1 is 1.28 bits per heavy atom. The molecular formula is C11H8BrF3N2S. The summed E-state index contributed by atoms with van der Waals surface area (Å²) in [7, 11) is 0. The highest BCUT2D eigenvalue weighted by Gasteiger charge is 2.31. The molecule has 0 radical (unpaired) electrons. The van der Waals surface area contributed by atoms with Crippen LogP contribution in [-0.4, -0.2) is 4.98 Å². The quantitative estimate of drug-likeness (QED) is 0.896. The van der Waals surface area contributed by atoms with E-state index in [9.17, 15) is 13.2 Å². The van der Waals surface area contributed by atoms with Gasteiger partial charge in [0.2, 0.25) is 0 Å². The molecule has 0 saturated heterocycles. The second-order valence-corrected chi connectivity index (χ2v) is 5.75. The largest absolute Gasteiger partial charge is 0.416 e. The molecule has 96 valence electrons. The monoisotopic (exact) mass is 336 g/mol. The van der Waals surface area contributed by atoms with Gasteiger partial charge < -0.3 is 5.73 Å². The number of hydrogen-bond donors (Lipinski definition) is 1. The minimum atomic E-state index is -4.34. The maximum Gasteiger partial charge on any atom is 0.416 e. The van der Waals surface area contributed by atoms with E-state index in [1.165, 1.54) is 11.3 Å². The van der Waals surface area contributed by atoms with E-state index in [1.54, 1.807) is 12.3 Å². The van der Waals surface area contributed by atoms with Crippen molar-refractivity contribution >= 4 is 32.4 Å². The molecule has 0 atom stereocenters. The second-order valence-electron chi connectivity index (χ2n) is 3.69. The number of nitrogens with zero attached hydrogens (tertiary/aromatic N) is 1. The summed E-state index contributed by atoms with van der Waals surface area (Å²) < 4.78 is 38.3. The molecule has 7 heteroatoms. The molecule has 0 spiro atoms. The first-order chi connectivity index (χ1) is 8.34. The number of rotatable bonds is 2. The van der Waals surface area contributed by atoms with Crippen LogP contribution in [0.4, 0.5) is 18.3 Å². The van der Waals surface area contributed by atoms with Crippen molar-refractivity contribution in [2.24, 2.45) is 0 Å². The summed E-state index contributed by atoms with van der Waals surface area (Å²) in [4.78, 5) is 4.70. The van der Waals surface area contributed by atoms with E-state index in [1.807, 2.05) is 0 Å². The lowest BCUT2D eigenvalue weighted by Gasteiger charge is -2.09. The second kappa shape index (κ2) is 4.89. The van der Waals surface area contributed by atoms with Crippen LogP contribution in [0, 0.1) is 0 Å². The van der Waals surface area contributed by atoms with Crippen LogP contribution in [0.3, 0.4) is 0 Å². The molecule has 0 unspecified atom stereocenters. The molecular weight excluding hydrogens is 329 g/mol. The maximum atomic E-state index is 12.6. The molecule has 0 saturated carbocycles. The van der Waals surface area contributed by atoms with Crippen molar-refractivity contribution in [2.75, 3.05) is 5.73 Å². The Morgan fingerprint density at radius 3 is 2.56 bits per heavy atom. The summed E-state index contributed by atoms with van der Waals surface area (Å²) >= 11 is 4.36. The Kier molecular flexibility index (Phi) is 3.63. The average molecular weight is 337 g/mol. The van der Waals surface area contributed by atoms with Gasteiger partial charge in [0, 0.05) is 22.0 Å². The third kappa shape index (κ3) is 3.23. The number of anilines is 1. The topological polar surface area (TPSA) is 38.9 Å². The lowest BCUT2D eigenvalue weighted by Crippen LogP contribution is -2.05. The number of alkyl halides is 3. The number of aromatic nitrogens is 1. The fourth-order valence-electron chi connectivity index (χ4n) is 1.52. The van der Waals surface area contributed by atoms with Crippen LogP contribution in [0.15, 0.2) is 28.9 Å². The first-order valence-corrected chi connectivity index (χ1v) is 6.52. The van der Waals surface area contributed by atoms with Crippen LogP contribution < -0.4 is 5.73 Å². The SMILES string of the molecule is Nc1ncc(Cc2cc(Br)cc(C(F)(F)F)c2)s1. The minimum Gasteiger partial charge on any atom is -0.375 e. The molecule has 2 N–H and O–H groups in total. The molecule has 1 aromatic carbocycles. The molecule has 0 aliphatic rings. The summed E-state index contributed by atoms with van der Waals surface area (Å²) in [5.41, 5.74) is 5.39. The summed E-state index contributed by atoms with van der Waals surface area (Å²) in [5.74, 6) is 0. The predicted octanol–water partition coefficient (Wildman–Crippen LogP) is 4.10. The van der Waals surface area contributed by atoms with Gasteiger partial charge in [0.25, 0.3) is 0 Å². The van der Waals surface area contributed by atoms with Crippen molar-refractivity contribution in [1.29, 1.82) is 0 Å². The van der Waals surface area contributed by atoms with Gasteiger partial charge in [-0.25, -0.2) is 4.98 Å². The van der Waals surface area contributed by atoms with Crippen LogP contribution >= 0.6 is 27.3 Å². The van der Waals surface area contributed by atoms with Crippen molar-refractivity contribution < 1.29 is 13.2 Å². The minimum absolute atomic E-state index is 0.386. The lowest BCUT2D eigenvalue weighted by molar-refractivity contribution is -0.137. The third-order valence-electron chi connectivity index (χ3n) is 2.23. The van der Waals surface area contributed by atoms with Gasteiger partial charge in [-0.15, -0.1) is 11.3 Å². The normalized spacial score (nSPS) is 11.8. The molecule has 0 fully saturated rings. The summed E-state index contributed by atoms with van der Waals surface area (Å²) in [5, 5.41) is 0.413. The zero-order chi connectivity index (χ0) is 13.3. The zero-order valence-electron chi connectivity index (χ0n) is 8.96. The molecule has 2 rings (SSSR count). The Labute approximate surface area is 114 Å². The molecule has 2 aromatic rings. The third-order valence-corrected chi connectivity index (χ3v) is 3.52. The smallest absolute Gasteiger partial charge is 0.375 e. The highest BCUT2D eigenvalue weighted by atomic mass is 79.9. The van der Waals surface area contributed by atoms with Crippen molar-refractivity contribution in [2.45, 2.75) is 12.6 Å². The number of benzene rings is 1. The van der Waals surface area contributed by atoms with E-state index in [4.69, 9.17) is 5.73 Å². The summed E-state index contributed by atoms with van der Waals surface area (Å²) in [6.45, 7) is 0. The van der Waals surface area contributed by atoms with Gasteiger partial charge in [-0.3, -0.25) is 0 Å². The van der Waals surface area contributed by atoms with Crippen LogP contribution in [0.2, 0.25) is 0 Å². The van der Waals surface area contributed by atoms with E-state index >= 15 is 0 Å². The summed E-state index contributed by atoms with van der Waals surface area (Å²) in [6, 6.07) is 3.86. The highest BCUT2D eigenvalue weighted by Crippen LogP contribution is 2.32. The molecule has 18 heavy (non-hydrogen) atoms. The molecule has 2 nitrogen and oxygen atoms in total. The number of nitrogens with two attached hydrogens (primary N) is 1. The van der Waals surface area contributed by atoms with Gasteiger partial charge in [-0.2, -0.15) is 13.2 Å². The molecule has 0 aliphatic carbocycles. The highest BCUT2D eigenvalue weighted by molar-refractivity contribution is 9.10. The molecule has 0 amide bonds. The van der Waals surface area contributed by atoms with Crippen LogP contribution in [0.1, 0.15) is 16.0 Å². The molecule has 0 bridgehead atoms. The first kappa shape index (κ1) is 13.4. The van der Waals surface area contributed by atoms with E-state index < -0.39 is 11.7 Å². The Balaban J connectivity index is 2.31. The Hall–Kier alpha value is -1.08. The van der Waals surface area contributed by atoms with Crippen LogP contribution in [0.25, 0.3) is 0 Å². The van der Waals surface area contributed by atoms with Gasteiger partial charge in [0.05, 0.1) is 5.56 Å². The number of thiazole rings is 1. The number of nitrogen functional groups attached to an aromatic ring is 1. The van der Waals surface area contributed by atoms with Gasteiger partial charge >= 0.3 is 6.18 Å². The van der Waals surface area contributed by atoms with Crippen molar-refractivity contribution in [3.8, 4) is 0 Å². The van der Waals surface area contributed by atoms with Crippen molar-refractivity contribution in [3.05, 3.63) is 44.9 Å². The van der Waals surface area contributed by atoms with Gasteiger partial charge in [0.15, 0.2) is 5.13 Å². The Morgan fingerprint density at radius 2 is 2.00 bits per heavy atom. The van der Waals surface area contributed by atoms with E-state index in [0.717, 1.165) is 17.0 Å². The number of halogens is 4. The number of hydrogen-bond acceptors (Lipinski definition) is 3. The van der Waals surface area contributed by atoms with E-state index in [2.05, 4.69) is 20.9 Å². The molecule has 1 heterocycles. The zero-order valence-corrected chi connectivity index (χ0v) is 11.4. The fourth-order valence-corrected chi connectivity index (χ4v) is 2.78. The maximum absolute atomic E-state index is 12.6. The van der Waals surface area contributed by atoms with E-state index in [0.29, 0.717) is 21.6 Å². The van der Waals surface area contributed by atoms with Gasteiger partial charge in [-0.05, 0) is 23.8 Å². The lowest BCUT2D eigenvalue weighted by atomic mass is 10.1. The standard InChI is InChI=1S/C11H8BrF3N2S/c12-8-2-6(1-7(4-8)11(13,14)15)3-9-5-17-10(16)18-9/h1-2,4-5H,3H2,(H2,16,17). The van der Waals surface area contributed by atoms with Crippen LogP contribution in [-0.2, 0) is 12.6 Å². The Bertz CT molecular complexity index is 566. The van der Waals surface area contributed by atoms with E-state index in [-0.39, 0.29) is 0 Å². The summed E-state index contributed by atoms with van der Waals surface area (Å²) in [6.07, 6.45) is -2.38. The van der Waals surface area contributed by atoms with Crippen molar-refractivity contribution in [1.82, 2.24) is 4.98 Å². The van der Waals surface area contributed by atoms with Crippen molar-refractivity contribution in [3.63, 3.8) is 0 Å². The molecule has 1 aromatic heterocycles. The average Bonchev–Trinajstić information content (AvgIpc) is 2.61. The fraction of sp³-hybridized carbons (Fsp3) is 0.182. The van der Waals surface area contributed by atoms with Gasteiger partial charge in [0.1, 0.15) is 0 Å². The van der Waals surface area contributed by atoms with Gasteiger partial charge in [-0.1, -0.05) is 15.9 Å². The molecule has 0 aliphatic heterocycles. The first-order valence-electron chi connectivity index (χ1n) is 4.91. The predicted molar refractivity (Wildman–Crippen MR) is 68.5 cm³/mol.